The molecule has 1 saturated heterocycles. The number of hydrogen-bond acceptors (Lipinski definition) is 5. The van der Waals surface area contributed by atoms with Gasteiger partial charge in [0.1, 0.15) is 12.2 Å². The van der Waals surface area contributed by atoms with Crippen molar-refractivity contribution in [3.05, 3.63) is 36.7 Å². The molecule has 1 aliphatic rings. The van der Waals surface area contributed by atoms with E-state index in [1.54, 1.807) is 6.33 Å². The van der Waals surface area contributed by atoms with Crippen LogP contribution in [-0.4, -0.2) is 39.3 Å². The zero-order valence-corrected chi connectivity index (χ0v) is 11.7. The Morgan fingerprint density at radius 3 is 2.70 bits per heavy atom. The summed E-state index contributed by atoms with van der Waals surface area (Å²) in [6.45, 7) is 4.27. The minimum Gasteiger partial charge on any atom is -0.371 e. The van der Waals surface area contributed by atoms with Gasteiger partial charge in [-0.1, -0.05) is 0 Å². The lowest BCUT2D eigenvalue weighted by Gasteiger charge is -2.35. The third-order valence-corrected chi connectivity index (χ3v) is 3.85. The van der Waals surface area contributed by atoms with Gasteiger partial charge in [0.15, 0.2) is 0 Å². The zero-order chi connectivity index (χ0) is 13.8. The van der Waals surface area contributed by atoms with Crippen LogP contribution in [-0.2, 0) is 0 Å². The molecular formula is C14H20N6. The molecule has 0 radical (unpaired) electrons. The number of H-pyrrole nitrogens is 1. The van der Waals surface area contributed by atoms with Crippen molar-refractivity contribution in [3.8, 4) is 0 Å². The molecule has 1 unspecified atom stereocenters. The largest absolute Gasteiger partial charge is 0.371 e. The molecule has 1 atom stereocenters. The van der Waals surface area contributed by atoms with E-state index in [1.807, 2.05) is 12.4 Å². The molecule has 0 saturated carbocycles. The summed E-state index contributed by atoms with van der Waals surface area (Å²) in [6.07, 6.45) is 7.54. The smallest absolute Gasteiger partial charge is 0.141 e. The first-order valence-corrected chi connectivity index (χ1v) is 7.09. The van der Waals surface area contributed by atoms with Crippen LogP contribution in [0.25, 0.3) is 0 Å². The van der Waals surface area contributed by atoms with Gasteiger partial charge in [-0.15, -0.1) is 0 Å². The van der Waals surface area contributed by atoms with Gasteiger partial charge in [-0.25, -0.2) is 4.98 Å². The van der Waals surface area contributed by atoms with Crippen LogP contribution in [0.4, 0.5) is 5.69 Å². The summed E-state index contributed by atoms with van der Waals surface area (Å²) < 4.78 is 0. The number of aromatic amines is 1. The van der Waals surface area contributed by atoms with Gasteiger partial charge in [-0.2, -0.15) is 5.10 Å². The quantitative estimate of drug-likeness (QED) is 0.883. The maximum atomic E-state index is 4.20. The molecule has 3 heterocycles. The van der Waals surface area contributed by atoms with Gasteiger partial charge in [0.25, 0.3) is 0 Å². The van der Waals surface area contributed by atoms with Crippen molar-refractivity contribution < 1.29 is 0 Å². The average molecular weight is 272 g/mol. The Morgan fingerprint density at radius 2 is 2.05 bits per heavy atom. The van der Waals surface area contributed by atoms with Crippen molar-refractivity contribution in [3.63, 3.8) is 0 Å². The normalized spacial score (nSPS) is 18.1. The first-order chi connectivity index (χ1) is 9.83. The van der Waals surface area contributed by atoms with E-state index in [9.17, 15) is 0 Å². The molecule has 3 rings (SSSR count). The molecule has 2 aromatic heterocycles. The number of anilines is 1. The Bertz CT molecular complexity index is 504. The molecular weight excluding hydrogens is 252 g/mol. The van der Waals surface area contributed by atoms with E-state index in [1.165, 1.54) is 5.69 Å². The second-order valence-corrected chi connectivity index (χ2v) is 5.23. The third-order valence-electron chi connectivity index (χ3n) is 3.85. The fourth-order valence-electron chi connectivity index (χ4n) is 2.72. The van der Waals surface area contributed by atoms with Crippen LogP contribution < -0.4 is 10.2 Å². The first kappa shape index (κ1) is 13.1. The van der Waals surface area contributed by atoms with Crippen molar-refractivity contribution in [1.29, 1.82) is 0 Å². The van der Waals surface area contributed by atoms with E-state index < -0.39 is 0 Å². The number of hydrogen-bond donors (Lipinski definition) is 2. The van der Waals surface area contributed by atoms with E-state index in [0.717, 1.165) is 31.8 Å². The minimum absolute atomic E-state index is 0.218. The van der Waals surface area contributed by atoms with Crippen LogP contribution in [0.15, 0.2) is 30.9 Å². The van der Waals surface area contributed by atoms with Crippen LogP contribution in [0.3, 0.4) is 0 Å². The Balaban J connectivity index is 1.51. The summed E-state index contributed by atoms with van der Waals surface area (Å²) in [4.78, 5) is 10.7. The lowest BCUT2D eigenvalue weighted by atomic mass is 10.0. The molecule has 2 aromatic rings. The highest BCUT2D eigenvalue weighted by atomic mass is 15.2. The van der Waals surface area contributed by atoms with Crippen LogP contribution in [0.1, 0.15) is 31.6 Å². The first-order valence-electron chi connectivity index (χ1n) is 7.09. The SMILES string of the molecule is CC(NC1CCN(c2ccncc2)CC1)c1ncn[nH]1. The summed E-state index contributed by atoms with van der Waals surface area (Å²) in [5, 5.41) is 10.4. The highest BCUT2D eigenvalue weighted by Crippen LogP contribution is 2.20. The minimum atomic E-state index is 0.218. The number of pyridine rings is 1. The molecule has 2 N–H and O–H groups in total. The van der Waals surface area contributed by atoms with E-state index >= 15 is 0 Å². The van der Waals surface area contributed by atoms with Crippen molar-refractivity contribution >= 4 is 5.69 Å². The molecule has 0 bridgehead atoms. The molecule has 0 spiro atoms. The molecule has 6 nitrogen and oxygen atoms in total. The van der Waals surface area contributed by atoms with Crippen LogP contribution >= 0.6 is 0 Å². The summed E-state index contributed by atoms with van der Waals surface area (Å²) in [6, 6.07) is 4.90. The molecule has 1 fully saturated rings. The number of nitrogens with zero attached hydrogens (tertiary/aromatic N) is 4. The lowest BCUT2D eigenvalue weighted by Crippen LogP contribution is -2.43. The van der Waals surface area contributed by atoms with Gasteiger partial charge in [0.05, 0.1) is 6.04 Å². The van der Waals surface area contributed by atoms with Gasteiger partial charge < -0.3 is 10.2 Å². The summed E-state index contributed by atoms with van der Waals surface area (Å²) in [5.74, 6) is 0.904. The lowest BCUT2D eigenvalue weighted by molar-refractivity contribution is 0.374. The van der Waals surface area contributed by atoms with Gasteiger partial charge in [0, 0.05) is 37.2 Å². The fraction of sp³-hybridized carbons (Fsp3) is 0.500. The topological polar surface area (TPSA) is 69.7 Å². The molecule has 20 heavy (non-hydrogen) atoms. The number of piperidine rings is 1. The maximum absolute atomic E-state index is 4.20. The van der Waals surface area contributed by atoms with E-state index in [-0.39, 0.29) is 6.04 Å². The van der Waals surface area contributed by atoms with Crippen molar-refractivity contribution in [2.45, 2.75) is 31.8 Å². The van der Waals surface area contributed by atoms with Crippen LogP contribution in [0.5, 0.6) is 0 Å². The van der Waals surface area contributed by atoms with E-state index in [2.05, 4.69) is 49.4 Å². The summed E-state index contributed by atoms with van der Waals surface area (Å²) in [5.41, 5.74) is 1.27. The summed E-state index contributed by atoms with van der Waals surface area (Å²) >= 11 is 0. The van der Waals surface area contributed by atoms with Gasteiger partial charge >= 0.3 is 0 Å². The van der Waals surface area contributed by atoms with Crippen LogP contribution in [0.2, 0.25) is 0 Å². The Kier molecular flexibility index (Phi) is 3.92. The van der Waals surface area contributed by atoms with Crippen molar-refractivity contribution in [2.24, 2.45) is 0 Å². The highest BCUT2D eigenvalue weighted by Gasteiger charge is 2.21. The Labute approximate surface area is 118 Å². The predicted octanol–water partition coefficient (Wildman–Crippen LogP) is 1.52. The molecule has 6 heteroatoms. The second-order valence-electron chi connectivity index (χ2n) is 5.23. The molecule has 0 amide bonds. The number of nitrogens with one attached hydrogen (secondary N) is 2. The van der Waals surface area contributed by atoms with E-state index in [0.29, 0.717) is 6.04 Å². The standard InChI is InChI=1S/C14H20N6/c1-11(14-16-10-17-19-14)18-12-4-8-20(9-5-12)13-2-6-15-7-3-13/h2-3,6-7,10-12,18H,4-5,8-9H2,1H3,(H,16,17,19). The Hall–Kier alpha value is -1.95. The monoisotopic (exact) mass is 272 g/mol. The van der Waals surface area contributed by atoms with Crippen molar-refractivity contribution in [2.75, 3.05) is 18.0 Å². The average Bonchev–Trinajstić information content (AvgIpc) is 3.03. The fourth-order valence-corrected chi connectivity index (χ4v) is 2.72. The number of aromatic nitrogens is 4. The van der Waals surface area contributed by atoms with Crippen LogP contribution in [0, 0.1) is 0 Å². The molecule has 0 aliphatic carbocycles. The summed E-state index contributed by atoms with van der Waals surface area (Å²) in [7, 11) is 0. The third kappa shape index (κ3) is 2.96. The second kappa shape index (κ2) is 6.00. The highest BCUT2D eigenvalue weighted by molar-refractivity contribution is 5.44. The van der Waals surface area contributed by atoms with Gasteiger partial charge in [-0.3, -0.25) is 10.1 Å². The molecule has 106 valence electrons. The van der Waals surface area contributed by atoms with Crippen molar-refractivity contribution in [1.82, 2.24) is 25.5 Å². The van der Waals surface area contributed by atoms with E-state index in [4.69, 9.17) is 0 Å². The van der Waals surface area contributed by atoms with Gasteiger partial charge in [0.2, 0.25) is 0 Å². The molecule has 0 aromatic carbocycles. The number of rotatable bonds is 4. The zero-order valence-electron chi connectivity index (χ0n) is 11.7. The van der Waals surface area contributed by atoms with Gasteiger partial charge in [-0.05, 0) is 31.9 Å². The predicted molar refractivity (Wildman–Crippen MR) is 77.4 cm³/mol. The Morgan fingerprint density at radius 1 is 1.30 bits per heavy atom. The molecule has 1 aliphatic heterocycles. The maximum Gasteiger partial charge on any atom is 0.141 e.